The summed E-state index contributed by atoms with van der Waals surface area (Å²) in [5.41, 5.74) is 8.10. The van der Waals surface area contributed by atoms with Gasteiger partial charge in [0.15, 0.2) is 5.82 Å². The standard InChI is InChI=1S/C15H12ClN3O/c16-12-9-11(6-7-13(12)17)15-18-14(19-20-15)8-10-4-2-1-3-5-10/h1-7,9H,8,17H2. The van der Waals surface area contributed by atoms with Gasteiger partial charge in [-0.2, -0.15) is 4.98 Å². The number of nitrogens with zero attached hydrogens (tertiary/aromatic N) is 2. The number of rotatable bonds is 3. The summed E-state index contributed by atoms with van der Waals surface area (Å²) in [5, 5.41) is 4.46. The lowest BCUT2D eigenvalue weighted by Crippen LogP contribution is -1.90. The fraction of sp³-hybridized carbons (Fsp3) is 0.0667. The first kappa shape index (κ1) is 12.7. The van der Waals surface area contributed by atoms with Gasteiger partial charge in [-0.3, -0.25) is 0 Å². The lowest BCUT2D eigenvalue weighted by Gasteiger charge is -1.98. The molecule has 3 rings (SSSR count). The number of nitrogens with two attached hydrogens (primary N) is 1. The van der Waals surface area contributed by atoms with Crippen LogP contribution in [0.2, 0.25) is 5.02 Å². The lowest BCUT2D eigenvalue weighted by atomic mass is 10.1. The summed E-state index contributed by atoms with van der Waals surface area (Å²) in [4.78, 5) is 4.37. The molecule has 2 N–H and O–H groups in total. The maximum absolute atomic E-state index is 5.99. The van der Waals surface area contributed by atoms with Gasteiger partial charge in [-0.15, -0.1) is 0 Å². The Kier molecular flexibility index (Phi) is 3.39. The van der Waals surface area contributed by atoms with Crippen LogP contribution >= 0.6 is 11.6 Å². The Morgan fingerprint density at radius 1 is 1.10 bits per heavy atom. The molecule has 0 unspecified atom stereocenters. The summed E-state index contributed by atoms with van der Waals surface area (Å²) in [7, 11) is 0. The van der Waals surface area contributed by atoms with Crippen molar-refractivity contribution < 1.29 is 4.52 Å². The molecule has 0 amide bonds. The first-order valence-electron chi connectivity index (χ1n) is 6.14. The molecule has 0 radical (unpaired) electrons. The van der Waals surface area contributed by atoms with Crippen LogP contribution in [-0.4, -0.2) is 10.1 Å². The molecule has 3 aromatic rings. The van der Waals surface area contributed by atoms with Crippen molar-refractivity contribution >= 4 is 17.3 Å². The second kappa shape index (κ2) is 5.35. The van der Waals surface area contributed by atoms with Gasteiger partial charge >= 0.3 is 0 Å². The Hall–Kier alpha value is -2.33. The summed E-state index contributed by atoms with van der Waals surface area (Å²) in [6.45, 7) is 0. The molecule has 5 heteroatoms. The number of benzene rings is 2. The van der Waals surface area contributed by atoms with E-state index in [0.29, 0.717) is 28.8 Å². The van der Waals surface area contributed by atoms with Gasteiger partial charge in [0.25, 0.3) is 5.89 Å². The molecule has 0 fully saturated rings. The molecule has 0 aliphatic carbocycles. The van der Waals surface area contributed by atoms with E-state index >= 15 is 0 Å². The predicted octanol–water partition coefficient (Wildman–Crippen LogP) is 3.56. The Morgan fingerprint density at radius 2 is 1.90 bits per heavy atom. The quantitative estimate of drug-likeness (QED) is 0.747. The molecule has 100 valence electrons. The molecule has 0 spiro atoms. The van der Waals surface area contributed by atoms with E-state index in [2.05, 4.69) is 10.1 Å². The van der Waals surface area contributed by atoms with E-state index in [1.165, 1.54) is 0 Å². The normalized spacial score (nSPS) is 10.7. The number of anilines is 1. The van der Waals surface area contributed by atoms with Crippen LogP contribution in [0.3, 0.4) is 0 Å². The van der Waals surface area contributed by atoms with E-state index < -0.39 is 0 Å². The van der Waals surface area contributed by atoms with Crippen molar-refractivity contribution in [3.8, 4) is 11.5 Å². The number of hydrogen-bond donors (Lipinski definition) is 1. The van der Waals surface area contributed by atoms with Crippen molar-refractivity contribution in [2.24, 2.45) is 0 Å². The predicted molar refractivity (Wildman–Crippen MR) is 78.4 cm³/mol. The maximum Gasteiger partial charge on any atom is 0.257 e. The molecule has 0 saturated heterocycles. The third kappa shape index (κ3) is 2.65. The highest BCUT2D eigenvalue weighted by atomic mass is 35.5. The zero-order valence-electron chi connectivity index (χ0n) is 10.6. The Morgan fingerprint density at radius 3 is 2.65 bits per heavy atom. The molecule has 20 heavy (non-hydrogen) atoms. The van der Waals surface area contributed by atoms with E-state index in [-0.39, 0.29) is 0 Å². The molecule has 1 aromatic heterocycles. The number of aromatic nitrogens is 2. The molecule has 0 saturated carbocycles. The molecule has 1 heterocycles. The fourth-order valence-electron chi connectivity index (χ4n) is 1.88. The first-order valence-corrected chi connectivity index (χ1v) is 6.52. The van der Waals surface area contributed by atoms with Crippen molar-refractivity contribution in [1.82, 2.24) is 10.1 Å². The summed E-state index contributed by atoms with van der Waals surface area (Å²) >= 11 is 5.99. The SMILES string of the molecule is Nc1ccc(-c2nc(Cc3ccccc3)no2)cc1Cl. The highest BCUT2D eigenvalue weighted by Crippen LogP contribution is 2.26. The second-order valence-electron chi connectivity index (χ2n) is 4.41. The summed E-state index contributed by atoms with van der Waals surface area (Å²) in [5.74, 6) is 1.08. The third-order valence-corrected chi connectivity index (χ3v) is 3.25. The second-order valence-corrected chi connectivity index (χ2v) is 4.82. The van der Waals surface area contributed by atoms with Gasteiger partial charge in [0.05, 0.1) is 10.7 Å². The number of nitrogen functional groups attached to an aromatic ring is 1. The minimum atomic E-state index is 0.442. The zero-order chi connectivity index (χ0) is 13.9. The van der Waals surface area contributed by atoms with Gasteiger partial charge in [-0.1, -0.05) is 47.1 Å². The Balaban J connectivity index is 1.84. The van der Waals surface area contributed by atoms with E-state index in [1.807, 2.05) is 30.3 Å². The summed E-state index contributed by atoms with van der Waals surface area (Å²) in [6, 6.07) is 15.2. The van der Waals surface area contributed by atoms with E-state index in [9.17, 15) is 0 Å². The smallest absolute Gasteiger partial charge is 0.257 e. The minimum Gasteiger partial charge on any atom is -0.398 e. The van der Waals surface area contributed by atoms with Crippen LogP contribution in [0.5, 0.6) is 0 Å². The highest BCUT2D eigenvalue weighted by Gasteiger charge is 2.10. The number of hydrogen-bond acceptors (Lipinski definition) is 4. The van der Waals surface area contributed by atoms with E-state index in [1.54, 1.807) is 18.2 Å². The summed E-state index contributed by atoms with van der Waals surface area (Å²) in [6.07, 6.45) is 0.632. The molecule has 0 aliphatic heterocycles. The zero-order valence-corrected chi connectivity index (χ0v) is 11.3. The number of halogens is 1. The van der Waals surface area contributed by atoms with Gasteiger partial charge in [0.1, 0.15) is 0 Å². The van der Waals surface area contributed by atoms with Crippen molar-refractivity contribution in [3.63, 3.8) is 0 Å². The van der Waals surface area contributed by atoms with Gasteiger partial charge in [-0.05, 0) is 23.8 Å². The van der Waals surface area contributed by atoms with Crippen LogP contribution in [0.4, 0.5) is 5.69 Å². The van der Waals surface area contributed by atoms with Gasteiger partial charge in [0.2, 0.25) is 0 Å². The van der Waals surface area contributed by atoms with Gasteiger partial charge < -0.3 is 10.3 Å². The largest absolute Gasteiger partial charge is 0.398 e. The average Bonchev–Trinajstić information content (AvgIpc) is 2.91. The van der Waals surface area contributed by atoms with Crippen molar-refractivity contribution in [2.75, 3.05) is 5.73 Å². The fourth-order valence-corrected chi connectivity index (χ4v) is 2.06. The van der Waals surface area contributed by atoms with Crippen LogP contribution < -0.4 is 5.73 Å². The van der Waals surface area contributed by atoms with Crippen molar-refractivity contribution in [1.29, 1.82) is 0 Å². The third-order valence-electron chi connectivity index (χ3n) is 2.92. The molecular weight excluding hydrogens is 274 g/mol. The minimum absolute atomic E-state index is 0.442. The maximum atomic E-state index is 5.99. The van der Waals surface area contributed by atoms with Crippen LogP contribution in [0.25, 0.3) is 11.5 Å². The van der Waals surface area contributed by atoms with Crippen LogP contribution in [0.1, 0.15) is 11.4 Å². The molecule has 4 nitrogen and oxygen atoms in total. The van der Waals surface area contributed by atoms with E-state index in [4.69, 9.17) is 21.9 Å². The Labute approximate surface area is 121 Å². The molecule has 0 bridgehead atoms. The Bertz CT molecular complexity index is 725. The lowest BCUT2D eigenvalue weighted by molar-refractivity contribution is 0.424. The van der Waals surface area contributed by atoms with Crippen molar-refractivity contribution in [2.45, 2.75) is 6.42 Å². The van der Waals surface area contributed by atoms with Crippen LogP contribution in [0, 0.1) is 0 Å². The highest BCUT2D eigenvalue weighted by molar-refractivity contribution is 6.33. The van der Waals surface area contributed by atoms with E-state index in [0.717, 1.165) is 11.1 Å². The van der Waals surface area contributed by atoms with Crippen molar-refractivity contribution in [3.05, 3.63) is 64.9 Å². The van der Waals surface area contributed by atoms with Gasteiger partial charge in [0, 0.05) is 12.0 Å². The molecule has 2 aromatic carbocycles. The van der Waals surface area contributed by atoms with Crippen LogP contribution in [-0.2, 0) is 6.42 Å². The monoisotopic (exact) mass is 285 g/mol. The topological polar surface area (TPSA) is 64.9 Å². The van der Waals surface area contributed by atoms with Gasteiger partial charge in [-0.25, -0.2) is 0 Å². The molecule has 0 atom stereocenters. The molecule has 0 aliphatic rings. The summed E-state index contributed by atoms with van der Waals surface area (Å²) < 4.78 is 5.26. The first-order chi connectivity index (χ1) is 9.72. The molecular formula is C15H12ClN3O. The van der Waals surface area contributed by atoms with Crippen LogP contribution in [0.15, 0.2) is 53.1 Å². The average molecular weight is 286 g/mol.